The zero-order chi connectivity index (χ0) is 13.1. The number of piperidine rings is 1. The minimum atomic E-state index is 0.556. The lowest BCUT2D eigenvalue weighted by atomic mass is 10.1. The highest BCUT2D eigenvalue weighted by molar-refractivity contribution is 5.03. The maximum atomic E-state index is 4.29. The van der Waals surface area contributed by atoms with Crippen LogP contribution in [0.5, 0.6) is 0 Å². The standard InChI is InChI=1S/C15H26N4/c1-13(11-18-7-3-2-4-8-18)17-10-15-9-16-12-19(15)14-5-6-14/h9,12-14,17H,2-8,10-11H2,1H3. The van der Waals surface area contributed by atoms with E-state index in [-0.39, 0.29) is 0 Å². The fraction of sp³-hybridized carbons (Fsp3) is 0.800. The number of imidazole rings is 1. The summed E-state index contributed by atoms with van der Waals surface area (Å²) in [5.74, 6) is 0. The van der Waals surface area contributed by atoms with Gasteiger partial charge in [0.2, 0.25) is 0 Å². The molecule has 1 aliphatic heterocycles. The molecule has 0 spiro atoms. The van der Waals surface area contributed by atoms with Gasteiger partial charge in [-0.15, -0.1) is 0 Å². The van der Waals surface area contributed by atoms with Crippen LogP contribution in [0.2, 0.25) is 0 Å². The molecule has 0 amide bonds. The van der Waals surface area contributed by atoms with Gasteiger partial charge in [-0.05, 0) is 45.7 Å². The van der Waals surface area contributed by atoms with Crippen molar-refractivity contribution in [2.24, 2.45) is 0 Å². The smallest absolute Gasteiger partial charge is 0.0951 e. The second-order valence-corrected chi connectivity index (χ2v) is 6.17. The van der Waals surface area contributed by atoms with E-state index >= 15 is 0 Å². The van der Waals surface area contributed by atoms with E-state index in [9.17, 15) is 0 Å². The molecule has 2 heterocycles. The van der Waals surface area contributed by atoms with Gasteiger partial charge in [0.1, 0.15) is 0 Å². The van der Waals surface area contributed by atoms with E-state index < -0.39 is 0 Å². The Morgan fingerprint density at radius 1 is 1.32 bits per heavy atom. The Morgan fingerprint density at radius 2 is 2.11 bits per heavy atom. The molecule has 3 rings (SSSR count). The van der Waals surface area contributed by atoms with Crippen molar-refractivity contribution < 1.29 is 0 Å². The van der Waals surface area contributed by atoms with Crippen LogP contribution in [-0.4, -0.2) is 40.1 Å². The molecule has 106 valence electrons. The van der Waals surface area contributed by atoms with E-state index in [0.29, 0.717) is 6.04 Å². The molecule has 2 fully saturated rings. The Kier molecular flexibility index (Phi) is 4.18. The number of likely N-dealkylation sites (tertiary alicyclic amines) is 1. The number of nitrogens with zero attached hydrogens (tertiary/aromatic N) is 3. The van der Waals surface area contributed by atoms with Crippen molar-refractivity contribution in [1.29, 1.82) is 0 Å². The molecule has 19 heavy (non-hydrogen) atoms. The van der Waals surface area contributed by atoms with Crippen molar-refractivity contribution in [3.05, 3.63) is 18.2 Å². The first kappa shape index (κ1) is 13.1. The van der Waals surface area contributed by atoms with Crippen LogP contribution >= 0.6 is 0 Å². The lowest BCUT2D eigenvalue weighted by molar-refractivity contribution is 0.208. The lowest BCUT2D eigenvalue weighted by Gasteiger charge is -2.29. The molecule has 1 N–H and O–H groups in total. The maximum absolute atomic E-state index is 4.29. The molecule has 0 aromatic carbocycles. The Balaban J connectivity index is 1.44. The monoisotopic (exact) mass is 262 g/mol. The first-order valence-corrected chi connectivity index (χ1v) is 7.79. The Labute approximate surface area is 116 Å². The molecule has 1 aromatic heterocycles. The van der Waals surface area contributed by atoms with Crippen molar-refractivity contribution in [3.8, 4) is 0 Å². The SMILES string of the molecule is CC(CN1CCCCC1)NCc1cncn1C1CC1. The fourth-order valence-corrected chi connectivity index (χ4v) is 3.02. The van der Waals surface area contributed by atoms with Crippen molar-refractivity contribution in [3.63, 3.8) is 0 Å². The van der Waals surface area contributed by atoms with Crippen LogP contribution in [0.4, 0.5) is 0 Å². The van der Waals surface area contributed by atoms with Crippen molar-refractivity contribution >= 4 is 0 Å². The van der Waals surface area contributed by atoms with E-state index in [4.69, 9.17) is 0 Å². The average Bonchev–Trinajstić information content (AvgIpc) is 3.16. The van der Waals surface area contributed by atoms with E-state index in [1.165, 1.54) is 57.4 Å². The van der Waals surface area contributed by atoms with Gasteiger partial charge in [0.15, 0.2) is 0 Å². The molecule has 4 heteroatoms. The maximum Gasteiger partial charge on any atom is 0.0951 e. The van der Waals surface area contributed by atoms with Crippen LogP contribution in [0.1, 0.15) is 50.8 Å². The van der Waals surface area contributed by atoms with Crippen LogP contribution in [0.3, 0.4) is 0 Å². The molecular weight excluding hydrogens is 236 g/mol. The van der Waals surface area contributed by atoms with Crippen molar-refractivity contribution in [2.45, 2.75) is 57.7 Å². The number of rotatable bonds is 6. The van der Waals surface area contributed by atoms with Crippen LogP contribution in [0.15, 0.2) is 12.5 Å². The molecule has 4 nitrogen and oxygen atoms in total. The zero-order valence-electron chi connectivity index (χ0n) is 12.0. The second-order valence-electron chi connectivity index (χ2n) is 6.17. The van der Waals surface area contributed by atoms with E-state index in [2.05, 4.69) is 26.7 Å². The topological polar surface area (TPSA) is 33.1 Å². The van der Waals surface area contributed by atoms with Gasteiger partial charge in [0, 0.05) is 31.4 Å². The minimum Gasteiger partial charge on any atom is -0.330 e. The molecule has 0 bridgehead atoms. The van der Waals surface area contributed by atoms with Gasteiger partial charge in [0.25, 0.3) is 0 Å². The Morgan fingerprint density at radius 3 is 2.84 bits per heavy atom. The van der Waals surface area contributed by atoms with Gasteiger partial charge in [-0.2, -0.15) is 0 Å². The van der Waals surface area contributed by atoms with Crippen LogP contribution in [0.25, 0.3) is 0 Å². The first-order chi connectivity index (χ1) is 9.33. The highest BCUT2D eigenvalue weighted by atomic mass is 15.2. The van der Waals surface area contributed by atoms with Crippen LogP contribution < -0.4 is 5.32 Å². The number of hydrogen-bond acceptors (Lipinski definition) is 3. The molecule has 1 saturated carbocycles. The summed E-state index contributed by atoms with van der Waals surface area (Å²) < 4.78 is 2.35. The number of aromatic nitrogens is 2. The van der Waals surface area contributed by atoms with E-state index in [0.717, 1.165) is 12.6 Å². The third-order valence-corrected chi connectivity index (χ3v) is 4.30. The molecule has 1 unspecified atom stereocenters. The Bertz CT molecular complexity index is 391. The molecular formula is C15H26N4. The highest BCUT2D eigenvalue weighted by Crippen LogP contribution is 2.35. The van der Waals surface area contributed by atoms with Gasteiger partial charge in [-0.25, -0.2) is 4.98 Å². The van der Waals surface area contributed by atoms with Crippen LogP contribution in [0, 0.1) is 0 Å². The van der Waals surface area contributed by atoms with Gasteiger partial charge in [-0.1, -0.05) is 6.42 Å². The molecule has 2 aliphatic rings. The van der Waals surface area contributed by atoms with Gasteiger partial charge in [0.05, 0.1) is 12.0 Å². The molecule has 1 atom stereocenters. The third kappa shape index (κ3) is 3.57. The van der Waals surface area contributed by atoms with Crippen LogP contribution in [-0.2, 0) is 6.54 Å². The highest BCUT2D eigenvalue weighted by Gasteiger charge is 2.25. The zero-order valence-corrected chi connectivity index (χ0v) is 12.0. The van der Waals surface area contributed by atoms with E-state index in [1.807, 2.05) is 12.5 Å². The van der Waals surface area contributed by atoms with E-state index in [1.54, 1.807) is 0 Å². The molecule has 0 radical (unpaired) electrons. The van der Waals surface area contributed by atoms with Crippen molar-refractivity contribution in [1.82, 2.24) is 19.8 Å². The predicted octanol–water partition coefficient (Wildman–Crippen LogP) is 2.18. The molecule has 1 saturated heterocycles. The third-order valence-electron chi connectivity index (χ3n) is 4.30. The summed E-state index contributed by atoms with van der Waals surface area (Å²) in [6.45, 7) is 6.99. The molecule has 1 aliphatic carbocycles. The summed E-state index contributed by atoms with van der Waals surface area (Å²) in [6, 6.07) is 1.29. The normalized spacial score (nSPS) is 22.6. The quantitative estimate of drug-likeness (QED) is 0.853. The second kappa shape index (κ2) is 6.06. The largest absolute Gasteiger partial charge is 0.330 e. The van der Waals surface area contributed by atoms with Gasteiger partial charge in [-0.3, -0.25) is 0 Å². The Hall–Kier alpha value is -0.870. The van der Waals surface area contributed by atoms with Gasteiger partial charge < -0.3 is 14.8 Å². The van der Waals surface area contributed by atoms with Crippen molar-refractivity contribution in [2.75, 3.05) is 19.6 Å². The summed E-state index contributed by atoms with van der Waals surface area (Å²) >= 11 is 0. The first-order valence-electron chi connectivity index (χ1n) is 7.79. The summed E-state index contributed by atoms with van der Waals surface area (Å²) in [4.78, 5) is 6.89. The number of hydrogen-bond donors (Lipinski definition) is 1. The summed E-state index contributed by atoms with van der Waals surface area (Å²) in [7, 11) is 0. The summed E-state index contributed by atoms with van der Waals surface area (Å²) in [5, 5.41) is 3.65. The predicted molar refractivity (Wildman–Crippen MR) is 77.1 cm³/mol. The molecule has 1 aromatic rings. The average molecular weight is 262 g/mol. The fourth-order valence-electron chi connectivity index (χ4n) is 3.02. The summed E-state index contributed by atoms with van der Waals surface area (Å²) in [5.41, 5.74) is 1.34. The lowest BCUT2D eigenvalue weighted by Crippen LogP contribution is -2.41. The number of nitrogens with one attached hydrogen (secondary N) is 1. The minimum absolute atomic E-state index is 0.556. The van der Waals surface area contributed by atoms with Gasteiger partial charge >= 0.3 is 0 Å². The summed E-state index contributed by atoms with van der Waals surface area (Å²) in [6.07, 6.45) is 10.8.